The van der Waals surface area contributed by atoms with E-state index in [4.69, 9.17) is 11.6 Å². The summed E-state index contributed by atoms with van der Waals surface area (Å²) in [6.07, 6.45) is 0. The van der Waals surface area contributed by atoms with Crippen LogP contribution in [0.4, 0.5) is 0 Å². The van der Waals surface area contributed by atoms with Crippen molar-refractivity contribution in [3.8, 4) is 5.69 Å². The zero-order valence-electron chi connectivity index (χ0n) is 17.9. The standard InChI is InChI=1S/C23H24ClN5OS/c1-14-21(18-7-5-6-8-19(18)25-14)20(30)13-31-23-27-26-22(15(2)28(3)4)29(23)17-11-9-16(24)10-12-17/h5-12,15,25H,13H2,1-4H3/p+1/t15-/m1/s1. The van der Waals surface area contributed by atoms with Gasteiger partial charge in [0.1, 0.15) is 6.04 Å². The van der Waals surface area contributed by atoms with Gasteiger partial charge in [-0.05, 0) is 44.2 Å². The molecule has 0 spiro atoms. The van der Waals surface area contributed by atoms with E-state index in [0.717, 1.165) is 33.7 Å². The molecule has 0 unspecified atom stereocenters. The summed E-state index contributed by atoms with van der Waals surface area (Å²) in [5.74, 6) is 1.19. The lowest BCUT2D eigenvalue weighted by molar-refractivity contribution is -0.890. The van der Waals surface area contributed by atoms with Gasteiger partial charge in [0.05, 0.1) is 19.8 Å². The highest BCUT2D eigenvalue weighted by Crippen LogP contribution is 2.28. The molecular weight excluding hydrogens is 430 g/mol. The lowest BCUT2D eigenvalue weighted by atomic mass is 10.1. The van der Waals surface area contributed by atoms with E-state index < -0.39 is 0 Å². The number of halogens is 1. The van der Waals surface area contributed by atoms with E-state index in [9.17, 15) is 4.79 Å². The number of carbonyl (C=O) groups excluding carboxylic acids is 1. The first-order valence-corrected chi connectivity index (χ1v) is 11.5. The van der Waals surface area contributed by atoms with E-state index >= 15 is 0 Å². The molecule has 0 saturated carbocycles. The van der Waals surface area contributed by atoms with Crippen molar-refractivity contribution < 1.29 is 9.69 Å². The number of quaternary nitrogens is 1. The smallest absolute Gasteiger partial charge is 0.196 e. The molecular formula is C23H25ClN5OS+. The zero-order chi connectivity index (χ0) is 22.1. The van der Waals surface area contributed by atoms with Gasteiger partial charge in [-0.25, -0.2) is 0 Å². The molecule has 0 aliphatic carbocycles. The molecule has 31 heavy (non-hydrogen) atoms. The summed E-state index contributed by atoms with van der Waals surface area (Å²) in [5.41, 5.74) is 3.53. The summed E-state index contributed by atoms with van der Waals surface area (Å²) < 4.78 is 2.02. The second-order valence-corrected chi connectivity index (χ2v) is 9.21. The molecule has 2 aromatic heterocycles. The Morgan fingerprint density at radius 1 is 1.16 bits per heavy atom. The molecule has 0 aliphatic rings. The van der Waals surface area contributed by atoms with Crippen LogP contribution in [0.3, 0.4) is 0 Å². The molecule has 0 aliphatic heterocycles. The SMILES string of the molecule is Cc1[nH]c2ccccc2c1C(=O)CSc1nnc([C@@H](C)[NH+](C)C)n1-c1ccc(Cl)cc1. The van der Waals surface area contributed by atoms with Crippen LogP contribution in [0.5, 0.6) is 0 Å². The number of para-hydroxylation sites is 1. The number of Topliss-reactive ketones (excluding diaryl/α,β-unsaturated/α-hetero) is 1. The molecule has 0 bridgehead atoms. The fraction of sp³-hybridized carbons (Fsp3) is 0.261. The molecule has 4 rings (SSSR count). The Morgan fingerprint density at radius 2 is 1.87 bits per heavy atom. The topological polar surface area (TPSA) is 68.0 Å². The number of aromatic nitrogens is 4. The summed E-state index contributed by atoms with van der Waals surface area (Å²) in [7, 11) is 4.17. The minimum absolute atomic E-state index is 0.0680. The number of ketones is 1. The molecule has 0 radical (unpaired) electrons. The summed E-state index contributed by atoms with van der Waals surface area (Å²) in [6.45, 7) is 4.05. The van der Waals surface area contributed by atoms with Crippen molar-refractivity contribution in [2.45, 2.75) is 25.0 Å². The van der Waals surface area contributed by atoms with Gasteiger partial charge in [-0.2, -0.15) is 0 Å². The Bertz CT molecular complexity index is 1230. The number of thioether (sulfide) groups is 1. The van der Waals surface area contributed by atoms with Crippen LogP contribution < -0.4 is 4.90 Å². The van der Waals surface area contributed by atoms with Gasteiger partial charge < -0.3 is 9.88 Å². The van der Waals surface area contributed by atoms with Crippen molar-refractivity contribution in [2.24, 2.45) is 0 Å². The number of nitrogens with one attached hydrogen (secondary N) is 2. The van der Waals surface area contributed by atoms with E-state index in [1.54, 1.807) is 0 Å². The van der Waals surface area contributed by atoms with Crippen molar-refractivity contribution in [3.63, 3.8) is 0 Å². The van der Waals surface area contributed by atoms with Crippen LogP contribution in [-0.2, 0) is 0 Å². The van der Waals surface area contributed by atoms with Gasteiger partial charge in [0.15, 0.2) is 16.8 Å². The number of hydrogen-bond acceptors (Lipinski definition) is 4. The van der Waals surface area contributed by atoms with E-state index in [2.05, 4.69) is 36.2 Å². The predicted molar refractivity (Wildman–Crippen MR) is 126 cm³/mol. The van der Waals surface area contributed by atoms with Crippen molar-refractivity contribution in [3.05, 3.63) is 70.6 Å². The van der Waals surface area contributed by atoms with Crippen LogP contribution in [0.2, 0.25) is 5.02 Å². The normalized spacial score (nSPS) is 12.6. The van der Waals surface area contributed by atoms with Gasteiger partial charge in [-0.3, -0.25) is 9.36 Å². The number of rotatable bonds is 7. The number of benzene rings is 2. The van der Waals surface area contributed by atoms with Gasteiger partial charge in [0.25, 0.3) is 0 Å². The first kappa shape index (κ1) is 21.6. The second kappa shape index (κ2) is 8.86. The van der Waals surface area contributed by atoms with Crippen LogP contribution in [0, 0.1) is 6.92 Å². The highest BCUT2D eigenvalue weighted by Gasteiger charge is 2.24. The largest absolute Gasteiger partial charge is 0.358 e. The third-order valence-corrected chi connectivity index (χ3v) is 6.68. The van der Waals surface area contributed by atoms with Crippen LogP contribution in [-0.4, -0.2) is 45.4 Å². The summed E-state index contributed by atoms with van der Waals surface area (Å²) in [6, 6.07) is 15.6. The Hall–Kier alpha value is -2.61. The van der Waals surface area contributed by atoms with Crippen molar-refractivity contribution in [1.82, 2.24) is 19.7 Å². The number of fused-ring (bicyclic) bond motifs is 1. The zero-order valence-corrected chi connectivity index (χ0v) is 19.5. The third kappa shape index (κ3) is 4.26. The van der Waals surface area contributed by atoms with Gasteiger partial charge in [-0.1, -0.05) is 41.6 Å². The maximum atomic E-state index is 13.1. The van der Waals surface area contributed by atoms with Crippen molar-refractivity contribution in [1.29, 1.82) is 0 Å². The highest BCUT2D eigenvalue weighted by molar-refractivity contribution is 7.99. The number of carbonyl (C=O) groups is 1. The fourth-order valence-electron chi connectivity index (χ4n) is 3.58. The van der Waals surface area contributed by atoms with Gasteiger partial charge in [-0.15, -0.1) is 10.2 Å². The Labute approximate surface area is 190 Å². The van der Waals surface area contributed by atoms with Gasteiger partial charge in [0.2, 0.25) is 0 Å². The molecule has 2 heterocycles. The van der Waals surface area contributed by atoms with Crippen LogP contribution >= 0.6 is 23.4 Å². The minimum Gasteiger partial charge on any atom is -0.358 e. The Kier molecular flexibility index (Phi) is 6.18. The Balaban J connectivity index is 1.66. The number of aromatic amines is 1. The summed E-state index contributed by atoms with van der Waals surface area (Å²) >= 11 is 7.49. The van der Waals surface area contributed by atoms with E-state index in [0.29, 0.717) is 10.2 Å². The maximum Gasteiger partial charge on any atom is 0.196 e. The molecule has 2 N–H and O–H groups in total. The summed E-state index contributed by atoms with van der Waals surface area (Å²) in [5, 5.41) is 11.2. The summed E-state index contributed by atoms with van der Waals surface area (Å²) in [4.78, 5) is 17.7. The molecule has 160 valence electrons. The van der Waals surface area contributed by atoms with Gasteiger partial charge >= 0.3 is 0 Å². The molecule has 0 saturated heterocycles. The highest BCUT2D eigenvalue weighted by atomic mass is 35.5. The average Bonchev–Trinajstić information content (AvgIpc) is 3.32. The van der Waals surface area contributed by atoms with E-state index in [1.807, 2.05) is 60.0 Å². The number of nitrogens with zero attached hydrogens (tertiary/aromatic N) is 3. The number of hydrogen-bond donors (Lipinski definition) is 2. The van der Waals surface area contributed by atoms with E-state index in [-0.39, 0.29) is 17.6 Å². The monoisotopic (exact) mass is 454 g/mol. The molecule has 4 aromatic rings. The quantitative estimate of drug-likeness (QED) is 0.328. The molecule has 0 amide bonds. The lowest BCUT2D eigenvalue weighted by Crippen LogP contribution is -3.05. The molecule has 6 nitrogen and oxygen atoms in total. The van der Waals surface area contributed by atoms with Gasteiger partial charge in [0, 0.05) is 32.9 Å². The van der Waals surface area contributed by atoms with Crippen molar-refractivity contribution >= 4 is 40.0 Å². The van der Waals surface area contributed by atoms with Crippen LogP contribution in [0.15, 0.2) is 53.7 Å². The van der Waals surface area contributed by atoms with E-state index in [1.165, 1.54) is 16.7 Å². The number of H-pyrrole nitrogens is 1. The lowest BCUT2D eigenvalue weighted by Gasteiger charge is -2.18. The molecule has 8 heteroatoms. The molecule has 1 atom stereocenters. The minimum atomic E-state index is 0.0680. The third-order valence-electron chi connectivity index (χ3n) is 5.50. The average molecular weight is 455 g/mol. The molecule has 0 fully saturated rings. The predicted octanol–water partition coefficient (Wildman–Crippen LogP) is 3.89. The van der Waals surface area contributed by atoms with Crippen LogP contribution in [0.25, 0.3) is 16.6 Å². The first-order valence-electron chi connectivity index (χ1n) is 10.1. The Morgan fingerprint density at radius 3 is 2.58 bits per heavy atom. The maximum absolute atomic E-state index is 13.1. The van der Waals surface area contributed by atoms with Crippen LogP contribution in [0.1, 0.15) is 34.8 Å². The second-order valence-electron chi connectivity index (χ2n) is 7.83. The molecule has 2 aromatic carbocycles. The van der Waals surface area contributed by atoms with Crippen molar-refractivity contribution in [2.75, 3.05) is 19.8 Å². The number of aryl methyl sites for hydroxylation is 1. The fourth-order valence-corrected chi connectivity index (χ4v) is 4.54. The first-order chi connectivity index (χ1) is 14.9.